The zero-order valence-corrected chi connectivity index (χ0v) is 11.6. The van der Waals surface area contributed by atoms with Crippen LogP contribution in [-0.4, -0.2) is 12.0 Å². The molecule has 21 heavy (non-hydrogen) atoms. The molecule has 1 N–H and O–H groups in total. The molecule has 0 aliphatic carbocycles. The zero-order chi connectivity index (χ0) is 14.5. The lowest BCUT2D eigenvalue weighted by molar-refractivity contribution is -0.138. The molecular formula is C18H17NO2. The van der Waals surface area contributed by atoms with Crippen molar-refractivity contribution in [3.05, 3.63) is 77.9 Å². The van der Waals surface area contributed by atoms with Crippen LogP contribution >= 0.6 is 0 Å². The Bertz CT molecular complexity index is 622. The second kappa shape index (κ2) is 6.37. The smallest absolute Gasteiger partial charge is 0.225 e. The number of rotatable bonds is 3. The van der Waals surface area contributed by atoms with Crippen molar-refractivity contribution in [1.82, 2.24) is 5.32 Å². The van der Waals surface area contributed by atoms with E-state index in [-0.39, 0.29) is 18.2 Å². The summed E-state index contributed by atoms with van der Waals surface area (Å²) in [5.41, 5.74) is 2.06. The highest BCUT2D eigenvalue weighted by atomic mass is 16.5. The lowest BCUT2D eigenvalue weighted by Crippen LogP contribution is -2.40. The van der Waals surface area contributed by atoms with Crippen molar-refractivity contribution in [2.24, 2.45) is 0 Å². The highest BCUT2D eigenvalue weighted by Gasteiger charge is 2.26. The van der Waals surface area contributed by atoms with Gasteiger partial charge in [0.25, 0.3) is 0 Å². The van der Waals surface area contributed by atoms with Crippen LogP contribution in [0.15, 0.2) is 66.7 Å². The van der Waals surface area contributed by atoms with Crippen molar-refractivity contribution in [2.75, 3.05) is 0 Å². The summed E-state index contributed by atoms with van der Waals surface area (Å²) in [6, 6.07) is 19.7. The van der Waals surface area contributed by atoms with Gasteiger partial charge in [-0.3, -0.25) is 4.79 Å². The molecule has 0 unspecified atom stereocenters. The van der Waals surface area contributed by atoms with Gasteiger partial charge in [0, 0.05) is 5.56 Å². The van der Waals surface area contributed by atoms with Crippen LogP contribution in [0.2, 0.25) is 0 Å². The van der Waals surface area contributed by atoms with Crippen LogP contribution in [-0.2, 0) is 9.53 Å². The third-order valence-corrected chi connectivity index (χ3v) is 3.39. The van der Waals surface area contributed by atoms with E-state index >= 15 is 0 Å². The average Bonchev–Trinajstić information content (AvgIpc) is 2.54. The second-order valence-corrected chi connectivity index (χ2v) is 5.01. The molecular weight excluding hydrogens is 262 g/mol. The van der Waals surface area contributed by atoms with E-state index in [1.54, 1.807) is 0 Å². The van der Waals surface area contributed by atoms with Crippen LogP contribution in [0.25, 0.3) is 6.08 Å². The Morgan fingerprint density at radius 2 is 1.67 bits per heavy atom. The van der Waals surface area contributed by atoms with Crippen LogP contribution in [0.1, 0.15) is 23.8 Å². The number of benzene rings is 2. The molecule has 0 spiro atoms. The van der Waals surface area contributed by atoms with Crippen LogP contribution in [0.4, 0.5) is 0 Å². The number of carbonyl (C=O) groups is 1. The van der Waals surface area contributed by atoms with Gasteiger partial charge in [-0.05, 0) is 5.56 Å². The van der Waals surface area contributed by atoms with Crippen LogP contribution in [0, 0.1) is 0 Å². The van der Waals surface area contributed by atoms with Crippen molar-refractivity contribution in [3.63, 3.8) is 0 Å². The first kappa shape index (κ1) is 13.6. The molecule has 2 atom stereocenters. The van der Waals surface area contributed by atoms with Crippen molar-refractivity contribution in [1.29, 1.82) is 0 Å². The van der Waals surface area contributed by atoms with E-state index in [0.717, 1.165) is 11.1 Å². The van der Waals surface area contributed by atoms with Gasteiger partial charge in [0.1, 0.15) is 0 Å². The van der Waals surface area contributed by atoms with Gasteiger partial charge in [0.05, 0.1) is 12.5 Å². The minimum Gasteiger partial charge on any atom is -0.346 e. The molecule has 3 heteroatoms. The number of carbonyl (C=O) groups excluding carboxylic acids is 1. The first-order chi connectivity index (χ1) is 10.3. The van der Waals surface area contributed by atoms with E-state index in [1.807, 2.05) is 72.8 Å². The van der Waals surface area contributed by atoms with Gasteiger partial charge in [0.2, 0.25) is 5.91 Å². The largest absolute Gasteiger partial charge is 0.346 e. The maximum atomic E-state index is 11.8. The average molecular weight is 279 g/mol. The third-order valence-electron chi connectivity index (χ3n) is 3.39. The summed E-state index contributed by atoms with van der Waals surface area (Å²) in [5, 5.41) is 2.87. The highest BCUT2D eigenvalue weighted by molar-refractivity contribution is 5.78. The standard InChI is InChI=1S/C18H17NO2/c20-17-13-16(12-11-14-7-3-1-4-8-14)21-18(19-17)15-9-5-2-6-10-15/h1-12,16,18H,13H2,(H,19,20)/b12-11+/t16-,18+/m1/s1. The monoisotopic (exact) mass is 279 g/mol. The van der Waals surface area contributed by atoms with Gasteiger partial charge in [-0.1, -0.05) is 72.8 Å². The van der Waals surface area contributed by atoms with E-state index in [1.165, 1.54) is 0 Å². The summed E-state index contributed by atoms with van der Waals surface area (Å²) in [5.74, 6) is 0.0119. The van der Waals surface area contributed by atoms with Gasteiger partial charge in [-0.25, -0.2) is 0 Å². The Balaban J connectivity index is 1.72. The molecule has 0 aromatic heterocycles. The summed E-state index contributed by atoms with van der Waals surface area (Å²) in [4.78, 5) is 11.8. The Kier molecular flexibility index (Phi) is 4.12. The van der Waals surface area contributed by atoms with Crippen LogP contribution in [0.5, 0.6) is 0 Å². The molecule has 0 bridgehead atoms. The van der Waals surface area contributed by atoms with E-state index in [0.29, 0.717) is 6.42 Å². The SMILES string of the molecule is O=C1C[C@@H](/C=C/c2ccccc2)O[C@@H](c2ccccc2)N1. The second-order valence-electron chi connectivity index (χ2n) is 5.01. The molecule has 0 saturated carbocycles. The number of amides is 1. The molecule has 106 valence electrons. The Morgan fingerprint density at radius 1 is 1.00 bits per heavy atom. The maximum absolute atomic E-state index is 11.8. The molecule has 1 saturated heterocycles. The predicted molar refractivity (Wildman–Crippen MR) is 82.3 cm³/mol. The molecule has 1 aliphatic heterocycles. The summed E-state index contributed by atoms with van der Waals surface area (Å²) >= 11 is 0. The number of hydrogen-bond acceptors (Lipinski definition) is 2. The Morgan fingerprint density at radius 3 is 2.38 bits per heavy atom. The molecule has 3 rings (SSSR count). The molecule has 2 aromatic carbocycles. The normalized spacial score (nSPS) is 22.2. The summed E-state index contributed by atoms with van der Waals surface area (Å²) in [7, 11) is 0. The minimum atomic E-state index is -0.377. The Labute approximate surface area is 124 Å². The van der Waals surface area contributed by atoms with Gasteiger partial charge >= 0.3 is 0 Å². The summed E-state index contributed by atoms with van der Waals surface area (Å²) in [6.45, 7) is 0. The molecule has 1 fully saturated rings. The number of hydrogen-bond donors (Lipinski definition) is 1. The fourth-order valence-corrected chi connectivity index (χ4v) is 2.33. The lowest BCUT2D eigenvalue weighted by Gasteiger charge is -2.29. The van der Waals surface area contributed by atoms with Crippen molar-refractivity contribution < 1.29 is 9.53 Å². The van der Waals surface area contributed by atoms with E-state index in [4.69, 9.17) is 4.74 Å². The highest BCUT2D eigenvalue weighted by Crippen LogP contribution is 2.22. The fraction of sp³-hybridized carbons (Fsp3) is 0.167. The first-order valence-corrected chi connectivity index (χ1v) is 7.04. The van der Waals surface area contributed by atoms with Gasteiger partial charge in [0.15, 0.2) is 6.23 Å². The Hall–Kier alpha value is -2.39. The molecule has 3 nitrogen and oxygen atoms in total. The molecule has 1 amide bonds. The van der Waals surface area contributed by atoms with Gasteiger partial charge in [-0.2, -0.15) is 0 Å². The summed E-state index contributed by atoms with van der Waals surface area (Å²) in [6.07, 6.45) is 3.71. The van der Waals surface area contributed by atoms with E-state index < -0.39 is 0 Å². The van der Waals surface area contributed by atoms with Crippen molar-refractivity contribution in [2.45, 2.75) is 18.8 Å². The van der Waals surface area contributed by atoms with Crippen molar-refractivity contribution in [3.8, 4) is 0 Å². The van der Waals surface area contributed by atoms with Crippen molar-refractivity contribution >= 4 is 12.0 Å². The minimum absolute atomic E-state index is 0.0119. The van der Waals surface area contributed by atoms with E-state index in [2.05, 4.69) is 5.32 Å². The van der Waals surface area contributed by atoms with Gasteiger partial charge in [-0.15, -0.1) is 0 Å². The topological polar surface area (TPSA) is 38.3 Å². The third kappa shape index (κ3) is 3.58. The van der Waals surface area contributed by atoms with Gasteiger partial charge < -0.3 is 10.1 Å². The van der Waals surface area contributed by atoms with Crippen LogP contribution in [0.3, 0.4) is 0 Å². The number of ether oxygens (including phenoxy) is 1. The molecule has 0 radical (unpaired) electrons. The maximum Gasteiger partial charge on any atom is 0.225 e. The molecule has 1 aliphatic rings. The quantitative estimate of drug-likeness (QED) is 0.936. The first-order valence-electron chi connectivity index (χ1n) is 7.04. The van der Waals surface area contributed by atoms with Crippen LogP contribution < -0.4 is 5.32 Å². The fourth-order valence-electron chi connectivity index (χ4n) is 2.33. The predicted octanol–water partition coefficient (Wildman–Crippen LogP) is 3.30. The lowest BCUT2D eigenvalue weighted by atomic mass is 10.1. The number of nitrogens with one attached hydrogen (secondary N) is 1. The zero-order valence-electron chi connectivity index (χ0n) is 11.6. The molecule has 2 aromatic rings. The van der Waals surface area contributed by atoms with E-state index in [9.17, 15) is 4.79 Å². The summed E-state index contributed by atoms with van der Waals surface area (Å²) < 4.78 is 5.95. The molecule has 1 heterocycles.